The largest absolute Gasteiger partial charge is 0.497 e. The van der Waals surface area contributed by atoms with Crippen LogP contribution < -0.4 is 9.64 Å². The third kappa shape index (κ3) is 3.06. The first-order chi connectivity index (χ1) is 17.7. The van der Waals surface area contributed by atoms with Crippen LogP contribution >= 0.6 is 0 Å². The van der Waals surface area contributed by atoms with Crippen LogP contribution in [0, 0.1) is 10.8 Å². The number of hydrogen-bond donors (Lipinski definition) is 0. The average Bonchev–Trinajstić information content (AvgIpc) is 3.34. The highest BCUT2D eigenvalue weighted by molar-refractivity contribution is 6.32. The summed E-state index contributed by atoms with van der Waals surface area (Å²) < 4.78 is 5.39. The zero-order valence-corrected chi connectivity index (χ0v) is 21.4. The minimum Gasteiger partial charge on any atom is -0.497 e. The molecule has 3 aromatic rings. The third-order valence-corrected chi connectivity index (χ3v) is 8.20. The van der Waals surface area contributed by atoms with Crippen molar-refractivity contribution < 1.29 is 19.1 Å². The Morgan fingerprint density at radius 1 is 0.865 bits per heavy atom. The van der Waals surface area contributed by atoms with Crippen LogP contribution in [0.25, 0.3) is 6.08 Å². The molecular formula is C32H29NO4. The lowest BCUT2D eigenvalue weighted by Gasteiger charge is -2.38. The number of carbonyl (C=O) groups excluding carboxylic acids is 3. The van der Waals surface area contributed by atoms with Gasteiger partial charge in [-0.2, -0.15) is 0 Å². The summed E-state index contributed by atoms with van der Waals surface area (Å²) >= 11 is 0. The fourth-order valence-electron chi connectivity index (χ4n) is 6.55. The molecule has 2 aliphatic heterocycles. The van der Waals surface area contributed by atoms with Gasteiger partial charge in [0.05, 0.1) is 19.2 Å². The minimum absolute atomic E-state index is 0.00291. The van der Waals surface area contributed by atoms with E-state index in [-0.39, 0.29) is 17.3 Å². The van der Waals surface area contributed by atoms with Gasteiger partial charge in [0.25, 0.3) is 0 Å². The number of ketones is 3. The fraction of sp³-hybridized carbons (Fsp3) is 0.281. The molecule has 0 aromatic heterocycles. The van der Waals surface area contributed by atoms with E-state index in [0.717, 1.165) is 16.8 Å². The second kappa shape index (κ2) is 8.01. The van der Waals surface area contributed by atoms with Gasteiger partial charge < -0.3 is 9.64 Å². The van der Waals surface area contributed by atoms with Crippen molar-refractivity contribution in [1.29, 1.82) is 0 Å². The number of anilines is 1. The molecular weight excluding hydrogens is 462 g/mol. The number of carbonyl (C=O) groups is 3. The summed E-state index contributed by atoms with van der Waals surface area (Å²) in [5, 5.41) is 0. The molecule has 5 nitrogen and oxygen atoms in total. The Morgan fingerprint density at radius 2 is 1.46 bits per heavy atom. The summed E-state index contributed by atoms with van der Waals surface area (Å²) in [5.41, 5.74) is 1.31. The Kier molecular flexibility index (Phi) is 5.07. The van der Waals surface area contributed by atoms with Crippen molar-refractivity contribution in [3.63, 3.8) is 0 Å². The summed E-state index contributed by atoms with van der Waals surface area (Å²) in [5.74, 6) is -0.436. The molecule has 3 aliphatic rings. The van der Waals surface area contributed by atoms with Gasteiger partial charge in [0, 0.05) is 28.1 Å². The van der Waals surface area contributed by atoms with E-state index in [2.05, 4.69) is 4.90 Å². The highest BCUT2D eigenvalue weighted by atomic mass is 16.5. The molecule has 37 heavy (non-hydrogen) atoms. The van der Waals surface area contributed by atoms with Gasteiger partial charge in [0.1, 0.15) is 11.2 Å². The van der Waals surface area contributed by atoms with Crippen LogP contribution in [0.4, 0.5) is 5.69 Å². The number of ether oxygens (including phenoxy) is 1. The molecule has 3 atom stereocenters. The van der Waals surface area contributed by atoms with E-state index in [0.29, 0.717) is 16.9 Å². The van der Waals surface area contributed by atoms with Crippen molar-refractivity contribution in [1.82, 2.24) is 0 Å². The number of para-hydroxylation sites is 1. The van der Waals surface area contributed by atoms with Gasteiger partial charge >= 0.3 is 0 Å². The molecule has 1 spiro atoms. The fourth-order valence-corrected chi connectivity index (χ4v) is 6.55. The average molecular weight is 492 g/mol. The predicted molar refractivity (Wildman–Crippen MR) is 143 cm³/mol. The maximum atomic E-state index is 14.5. The van der Waals surface area contributed by atoms with Crippen LogP contribution in [-0.4, -0.2) is 36.5 Å². The molecule has 0 radical (unpaired) electrons. The summed E-state index contributed by atoms with van der Waals surface area (Å²) in [6.07, 6.45) is 3.94. The Morgan fingerprint density at radius 3 is 2.05 bits per heavy atom. The third-order valence-electron chi connectivity index (χ3n) is 8.20. The Bertz CT molecular complexity index is 1440. The first kappa shape index (κ1) is 23.4. The van der Waals surface area contributed by atoms with Gasteiger partial charge in [0.2, 0.25) is 0 Å². The lowest BCUT2D eigenvalue weighted by molar-refractivity contribution is -0.127. The standard InChI is InChI=1S/C32H29NO4/c1-31(2,3)30(36)27-26(20-13-16-21(37-4)17-14-20)32(28(34)22-10-6-7-11-23(22)29(32)35)25-18-15-19-9-5-8-12-24(19)33(25)27/h5-18,25-27H,1-4H3/t25-,26-,27+/m1/s1. The molecule has 2 heterocycles. The van der Waals surface area contributed by atoms with E-state index >= 15 is 0 Å². The highest BCUT2D eigenvalue weighted by Crippen LogP contribution is 2.61. The molecule has 1 saturated heterocycles. The molecule has 0 saturated carbocycles. The second-order valence-corrected chi connectivity index (χ2v) is 11.2. The molecule has 186 valence electrons. The first-order valence-electron chi connectivity index (χ1n) is 12.6. The Hall–Kier alpha value is -3.99. The molecule has 1 fully saturated rings. The van der Waals surface area contributed by atoms with Crippen molar-refractivity contribution in [3.8, 4) is 5.75 Å². The van der Waals surface area contributed by atoms with Crippen LogP contribution in [0.5, 0.6) is 5.75 Å². The normalized spacial score (nSPS) is 23.1. The van der Waals surface area contributed by atoms with Gasteiger partial charge in [0.15, 0.2) is 17.3 Å². The zero-order chi connectivity index (χ0) is 26.1. The summed E-state index contributed by atoms with van der Waals surface area (Å²) in [7, 11) is 1.60. The van der Waals surface area contributed by atoms with E-state index < -0.39 is 28.8 Å². The number of rotatable bonds is 3. The van der Waals surface area contributed by atoms with Crippen LogP contribution in [0.15, 0.2) is 78.9 Å². The first-order valence-corrected chi connectivity index (χ1v) is 12.6. The maximum Gasteiger partial charge on any atom is 0.180 e. The van der Waals surface area contributed by atoms with E-state index in [9.17, 15) is 14.4 Å². The van der Waals surface area contributed by atoms with Crippen molar-refractivity contribution >= 4 is 29.1 Å². The van der Waals surface area contributed by atoms with E-state index in [4.69, 9.17) is 4.74 Å². The quantitative estimate of drug-likeness (QED) is 0.437. The van der Waals surface area contributed by atoms with Gasteiger partial charge in [-0.25, -0.2) is 0 Å². The SMILES string of the molecule is COc1ccc([C@@H]2[C@@H](C(=O)C(C)(C)C)N3c4ccccc4C=C[C@@H]3C23C(=O)c2ccccc2C3=O)cc1. The Balaban J connectivity index is 1.69. The molecule has 0 unspecified atom stereocenters. The maximum absolute atomic E-state index is 14.5. The molecule has 1 aliphatic carbocycles. The Labute approximate surface area is 216 Å². The smallest absolute Gasteiger partial charge is 0.180 e. The molecule has 0 N–H and O–H groups in total. The van der Waals surface area contributed by atoms with Crippen molar-refractivity contribution in [2.45, 2.75) is 38.8 Å². The van der Waals surface area contributed by atoms with Gasteiger partial charge in [-0.1, -0.05) is 87.5 Å². The molecule has 3 aromatic carbocycles. The monoisotopic (exact) mass is 491 g/mol. The second-order valence-electron chi connectivity index (χ2n) is 11.2. The van der Waals surface area contributed by atoms with E-state index in [1.807, 2.05) is 81.5 Å². The van der Waals surface area contributed by atoms with Gasteiger partial charge in [-0.3, -0.25) is 14.4 Å². The molecule has 5 heteroatoms. The number of fused-ring (bicyclic) bond motifs is 5. The van der Waals surface area contributed by atoms with Gasteiger partial charge in [-0.05, 0) is 29.3 Å². The van der Waals surface area contributed by atoms with Crippen LogP contribution in [0.1, 0.15) is 58.5 Å². The number of benzene rings is 3. The minimum atomic E-state index is -1.46. The lowest BCUT2D eigenvalue weighted by atomic mass is 9.63. The number of Topliss-reactive ketones (excluding diaryl/α,β-unsaturated/α-hetero) is 3. The lowest BCUT2D eigenvalue weighted by Crippen LogP contribution is -2.49. The van der Waals surface area contributed by atoms with Crippen LogP contribution in [0.2, 0.25) is 0 Å². The van der Waals surface area contributed by atoms with Crippen LogP contribution in [0.3, 0.4) is 0 Å². The predicted octanol–water partition coefficient (Wildman–Crippen LogP) is 5.74. The van der Waals surface area contributed by atoms with Crippen molar-refractivity contribution in [2.75, 3.05) is 12.0 Å². The van der Waals surface area contributed by atoms with Gasteiger partial charge in [-0.15, -0.1) is 0 Å². The topological polar surface area (TPSA) is 63.7 Å². The van der Waals surface area contributed by atoms with E-state index in [1.165, 1.54) is 0 Å². The zero-order valence-electron chi connectivity index (χ0n) is 21.4. The molecule has 0 amide bonds. The van der Waals surface area contributed by atoms with Crippen LogP contribution in [-0.2, 0) is 4.79 Å². The number of hydrogen-bond acceptors (Lipinski definition) is 5. The molecule has 0 bridgehead atoms. The van der Waals surface area contributed by atoms with E-state index in [1.54, 1.807) is 31.4 Å². The van der Waals surface area contributed by atoms with Crippen molar-refractivity contribution in [3.05, 3.63) is 101 Å². The summed E-state index contributed by atoms with van der Waals surface area (Å²) in [6, 6.07) is 21.1. The number of methoxy groups -OCH3 is 1. The van der Waals surface area contributed by atoms with Crippen molar-refractivity contribution in [2.24, 2.45) is 10.8 Å². The summed E-state index contributed by atoms with van der Waals surface area (Å²) in [4.78, 5) is 45.4. The molecule has 6 rings (SSSR count). The summed E-state index contributed by atoms with van der Waals surface area (Å²) in [6.45, 7) is 5.71. The highest BCUT2D eigenvalue weighted by Gasteiger charge is 2.71. The number of nitrogens with zero attached hydrogens (tertiary/aromatic N) is 1.